The van der Waals surface area contributed by atoms with Crippen molar-refractivity contribution in [3.63, 3.8) is 0 Å². The van der Waals surface area contributed by atoms with E-state index < -0.39 is 0 Å². The first-order valence-electron chi connectivity index (χ1n) is 17.4. The maximum atomic E-state index is 13.3. The number of Topliss-reactive ketones (excluding diaryl/α,β-unsaturated/α-hetero) is 1. The van der Waals surface area contributed by atoms with Crippen LogP contribution in [0.25, 0.3) is 0 Å². The summed E-state index contributed by atoms with van der Waals surface area (Å²) in [7, 11) is 0. The number of ketones is 1. The largest absolute Gasteiger partial charge is 0.356 e. The Morgan fingerprint density at radius 1 is 0.714 bits per heavy atom. The van der Waals surface area contributed by atoms with Gasteiger partial charge in [0.25, 0.3) is 0 Å². The third-order valence-corrected chi connectivity index (χ3v) is 9.64. The fourth-order valence-electron chi connectivity index (χ4n) is 7.20. The van der Waals surface area contributed by atoms with E-state index in [1.54, 1.807) is 0 Å². The number of fused-ring (bicyclic) bond motifs is 4. The van der Waals surface area contributed by atoms with Crippen LogP contribution in [-0.4, -0.2) is 30.3 Å². The van der Waals surface area contributed by atoms with Gasteiger partial charge in [0, 0.05) is 19.0 Å². The minimum atomic E-state index is -0.107. The molecule has 0 aromatic rings. The van der Waals surface area contributed by atoms with Crippen molar-refractivity contribution in [2.45, 2.75) is 134 Å². The average molecular weight is 573 g/mol. The van der Waals surface area contributed by atoms with Crippen LogP contribution in [0.5, 0.6) is 0 Å². The van der Waals surface area contributed by atoms with Crippen molar-refractivity contribution in [2.24, 2.45) is 11.8 Å². The van der Waals surface area contributed by atoms with Gasteiger partial charge in [-0.3, -0.25) is 14.9 Å². The molecule has 4 aliphatic rings. The van der Waals surface area contributed by atoms with Crippen LogP contribution in [0.3, 0.4) is 0 Å². The highest BCUT2D eigenvalue weighted by Crippen LogP contribution is 2.38. The Bertz CT molecular complexity index is 1020. The van der Waals surface area contributed by atoms with Crippen LogP contribution in [0.4, 0.5) is 0 Å². The Balaban J connectivity index is 1.05. The number of carbonyl (C=O) groups is 2. The average Bonchev–Trinajstić information content (AvgIpc) is 3.47. The summed E-state index contributed by atoms with van der Waals surface area (Å²) in [6.45, 7) is 0.706. The molecule has 1 amide bonds. The van der Waals surface area contributed by atoms with Crippen molar-refractivity contribution in [1.82, 2.24) is 10.6 Å². The van der Waals surface area contributed by atoms with Gasteiger partial charge in [0.05, 0.1) is 12.0 Å². The zero-order chi connectivity index (χ0) is 29.2. The van der Waals surface area contributed by atoms with Crippen molar-refractivity contribution < 1.29 is 9.59 Å². The van der Waals surface area contributed by atoms with E-state index in [-0.39, 0.29) is 23.9 Å². The van der Waals surface area contributed by atoms with Crippen LogP contribution < -0.4 is 10.6 Å². The highest BCUT2D eigenvalue weighted by molar-refractivity contribution is 5.94. The van der Waals surface area contributed by atoms with Crippen LogP contribution in [0.2, 0.25) is 0 Å². The SMILES string of the molecule is O=C(CCCCCCC1CCCCCCCCCC1)NCCCCC1NC2C3=C\C(=C/C=C\C=C/C=C\C=C3)C2C1=O. The molecular weight excluding hydrogens is 516 g/mol. The van der Waals surface area contributed by atoms with Gasteiger partial charge in [0.2, 0.25) is 5.91 Å². The number of hydrogen-bond donors (Lipinski definition) is 2. The molecule has 2 fully saturated rings. The Kier molecular flexibility index (Phi) is 14.6. The second-order valence-corrected chi connectivity index (χ2v) is 13.0. The summed E-state index contributed by atoms with van der Waals surface area (Å²) >= 11 is 0. The number of nitrogens with one attached hydrogen (secondary N) is 2. The molecule has 4 nitrogen and oxygen atoms in total. The van der Waals surface area contributed by atoms with Gasteiger partial charge >= 0.3 is 0 Å². The molecule has 1 aliphatic heterocycles. The molecule has 0 radical (unpaired) electrons. The molecule has 4 rings (SSSR count). The number of rotatable bonds is 12. The highest BCUT2D eigenvalue weighted by Gasteiger charge is 2.46. The maximum Gasteiger partial charge on any atom is 0.219 e. The smallest absolute Gasteiger partial charge is 0.219 e. The summed E-state index contributed by atoms with van der Waals surface area (Å²) in [5.74, 6) is 1.34. The predicted octanol–water partition coefficient (Wildman–Crippen LogP) is 8.77. The molecule has 3 atom stereocenters. The van der Waals surface area contributed by atoms with Gasteiger partial charge in [0.1, 0.15) is 0 Å². The third kappa shape index (κ3) is 11.0. The van der Waals surface area contributed by atoms with Gasteiger partial charge in [-0.2, -0.15) is 0 Å². The van der Waals surface area contributed by atoms with Crippen LogP contribution >= 0.6 is 0 Å². The molecule has 42 heavy (non-hydrogen) atoms. The van der Waals surface area contributed by atoms with Crippen LogP contribution in [-0.2, 0) is 9.59 Å². The number of carbonyl (C=O) groups excluding carboxylic acids is 2. The molecule has 1 heterocycles. The topological polar surface area (TPSA) is 58.2 Å². The van der Waals surface area contributed by atoms with Crippen molar-refractivity contribution in [1.29, 1.82) is 0 Å². The minimum Gasteiger partial charge on any atom is -0.356 e. The first-order chi connectivity index (χ1) is 20.7. The lowest BCUT2D eigenvalue weighted by Gasteiger charge is -2.16. The van der Waals surface area contributed by atoms with Gasteiger partial charge in [-0.25, -0.2) is 0 Å². The molecule has 1 saturated heterocycles. The molecule has 2 N–H and O–H groups in total. The molecule has 0 aromatic carbocycles. The van der Waals surface area contributed by atoms with Crippen molar-refractivity contribution in [3.8, 4) is 0 Å². The van der Waals surface area contributed by atoms with E-state index in [9.17, 15) is 9.59 Å². The van der Waals surface area contributed by atoms with E-state index in [0.717, 1.165) is 37.2 Å². The first-order valence-corrected chi connectivity index (χ1v) is 17.4. The Morgan fingerprint density at radius 2 is 1.36 bits per heavy atom. The highest BCUT2D eigenvalue weighted by atomic mass is 16.1. The summed E-state index contributed by atoms with van der Waals surface area (Å²) in [5, 5.41) is 6.73. The molecule has 230 valence electrons. The zero-order valence-electron chi connectivity index (χ0n) is 26.0. The van der Waals surface area contributed by atoms with E-state index in [1.165, 1.54) is 95.5 Å². The Morgan fingerprint density at radius 3 is 2.12 bits per heavy atom. The number of allylic oxidation sites excluding steroid dienone is 9. The Labute approximate surface area is 256 Å². The summed E-state index contributed by atoms with van der Waals surface area (Å²) in [5.41, 5.74) is 2.28. The van der Waals surface area contributed by atoms with E-state index in [2.05, 4.69) is 28.9 Å². The lowest BCUT2D eigenvalue weighted by atomic mass is 9.90. The molecule has 3 aliphatic carbocycles. The molecular formula is C38H56N2O2. The Hall–Kier alpha value is -2.46. The predicted molar refractivity (Wildman–Crippen MR) is 176 cm³/mol. The number of hydrogen-bond acceptors (Lipinski definition) is 3. The van der Waals surface area contributed by atoms with E-state index in [1.807, 2.05) is 42.5 Å². The summed E-state index contributed by atoms with van der Waals surface area (Å²) < 4.78 is 0. The lowest BCUT2D eigenvalue weighted by Crippen LogP contribution is -2.32. The monoisotopic (exact) mass is 572 g/mol. The standard InChI is InChI=1S/C38H56N2O2/c41-35(28-19-13-12-16-24-31-22-14-8-4-1-2-5-9-15-23-31)39-29-21-20-27-34-38(42)36-32-25-17-10-6-3-7-11-18-26-33(30-32)37(36)40-34/h3,6-7,10-11,17-18,25-26,30-31,34,36-37,40H,1-2,4-5,8-9,12-16,19-24,27-29H2,(H,39,41)/b6-3-,7-3?,10-6?,11-7-,17-10-,18-11?,25-17?,26-18?,32-25+,33-26?. The molecule has 2 bridgehead atoms. The minimum absolute atomic E-state index is 0.0654. The van der Waals surface area contributed by atoms with Gasteiger partial charge < -0.3 is 5.32 Å². The van der Waals surface area contributed by atoms with Gasteiger partial charge in [-0.05, 0) is 42.7 Å². The maximum absolute atomic E-state index is 13.3. The van der Waals surface area contributed by atoms with Crippen molar-refractivity contribution in [3.05, 3.63) is 71.9 Å². The first kappa shape index (κ1) is 32.5. The van der Waals surface area contributed by atoms with Gasteiger partial charge in [-0.1, -0.05) is 151 Å². The molecule has 0 aromatic heterocycles. The second kappa shape index (κ2) is 18.9. The molecule has 4 heteroatoms. The summed E-state index contributed by atoms with van der Waals surface area (Å²) in [6.07, 6.45) is 44.3. The number of unbranched alkanes of at least 4 members (excludes halogenated alkanes) is 4. The van der Waals surface area contributed by atoms with E-state index in [4.69, 9.17) is 0 Å². The van der Waals surface area contributed by atoms with E-state index >= 15 is 0 Å². The quantitative estimate of drug-likeness (QED) is 0.230. The lowest BCUT2D eigenvalue weighted by molar-refractivity contribution is -0.122. The van der Waals surface area contributed by atoms with Crippen LogP contribution in [0, 0.1) is 11.8 Å². The fraction of sp³-hybridized carbons (Fsp3) is 0.632. The molecule has 1 saturated carbocycles. The summed E-state index contributed by atoms with van der Waals surface area (Å²) in [4.78, 5) is 25.6. The van der Waals surface area contributed by atoms with Crippen molar-refractivity contribution in [2.75, 3.05) is 6.54 Å². The normalized spacial score (nSPS) is 28.8. The zero-order valence-corrected chi connectivity index (χ0v) is 26.0. The van der Waals surface area contributed by atoms with E-state index in [0.29, 0.717) is 18.7 Å². The number of amides is 1. The van der Waals surface area contributed by atoms with Crippen LogP contribution in [0.1, 0.15) is 122 Å². The molecule has 3 unspecified atom stereocenters. The molecule has 0 spiro atoms. The third-order valence-electron chi connectivity index (χ3n) is 9.64. The van der Waals surface area contributed by atoms with Gasteiger partial charge in [-0.15, -0.1) is 0 Å². The van der Waals surface area contributed by atoms with Crippen LogP contribution in [0.15, 0.2) is 71.9 Å². The summed E-state index contributed by atoms with van der Waals surface area (Å²) in [6, 6.07) is -0.0416. The van der Waals surface area contributed by atoms with Crippen molar-refractivity contribution >= 4 is 11.7 Å². The second-order valence-electron chi connectivity index (χ2n) is 13.0. The van der Waals surface area contributed by atoms with Gasteiger partial charge in [0.15, 0.2) is 5.78 Å². The fourth-order valence-corrected chi connectivity index (χ4v) is 7.20.